The molecule has 0 radical (unpaired) electrons. The summed E-state index contributed by atoms with van der Waals surface area (Å²) in [5.74, 6) is 0.690. The lowest BCUT2D eigenvalue weighted by Crippen LogP contribution is -2.36. The van der Waals surface area contributed by atoms with Crippen molar-refractivity contribution in [2.24, 2.45) is 0 Å². The molecule has 0 amide bonds. The van der Waals surface area contributed by atoms with Crippen molar-refractivity contribution in [2.45, 2.75) is 25.2 Å². The molecule has 0 bridgehead atoms. The lowest BCUT2D eigenvalue weighted by molar-refractivity contribution is 0.0595. The van der Waals surface area contributed by atoms with E-state index in [0.717, 1.165) is 44.5 Å². The second-order valence-corrected chi connectivity index (χ2v) is 8.70. The minimum atomic E-state index is -0.378. The molecule has 7 nitrogen and oxygen atoms in total. The van der Waals surface area contributed by atoms with E-state index in [2.05, 4.69) is 27.1 Å². The number of piperidine rings is 1. The van der Waals surface area contributed by atoms with Gasteiger partial charge in [-0.2, -0.15) is 0 Å². The highest BCUT2D eigenvalue weighted by atomic mass is 16.5. The number of carbonyl (C=O) groups is 1. The first-order chi connectivity index (χ1) is 16.7. The third-order valence-corrected chi connectivity index (χ3v) is 6.65. The number of rotatable bonds is 8. The Morgan fingerprint density at radius 2 is 2.06 bits per heavy atom. The first-order valence-electron chi connectivity index (χ1n) is 11.7. The summed E-state index contributed by atoms with van der Waals surface area (Å²) in [7, 11) is 1.38. The van der Waals surface area contributed by atoms with Gasteiger partial charge in [-0.05, 0) is 72.8 Å². The van der Waals surface area contributed by atoms with Gasteiger partial charge in [-0.15, -0.1) is 0 Å². The average molecular weight is 460 g/mol. The number of likely N-dealkylation sites (tertiary alicyclic amines) is 1. The molecule has 3 aromatic heterocycles. The van der Waals surface area contributed by atoms with Gasteiger partial charge in [0.2, 0.25) is 0 Å². The number of benzene rings is 1. The molecule has 0 atom stereocenters. The number of esters is 1. The fourth-order valence-electron chi connectivity index (χ4n) is 4.86. The zero-order valence-corrected chi connectivity index (χ0v) is 19.3. The molecule has 0 saturated carbocycles. The van der Waals surface area contributed by atoms with Crippen molar-refractivity contribution in [1.29, 1.82) is 0 Å². The Labute approximate surface area is 198 Å². The summed E-state index contributed by atoms with van der Waals surface area (Å²) in [6, 6.07) is 11.3. The molecule has 1 fully saturated rings. The minimum Gasteiger partial charge on any atom is -0.491 e. The number of nitrogens with one attached hydrogen (secondary N) is 1. The Morgan fingerprint density at radius 1 is 1.21 bits per heavy atom. The van der Waals surface area contributed by atoms with Crippen LogP contribution < -0.4 is 4.74 Å². The van der Waals surface area contributed by atoms with Crippen molar-refractivity contribution in [3.8, 4) is 5.75 Å². The Morgan fingerprint density at radius 3 is 2.85 bits per heavy atom. The summed E-state index contributed by atoms with van der Waals surface area (Å²) in [5.41, 5.74) is 5.23. The quantitative estimate of drug-likeness (QED) is 0.382. The molecule has 1 aliphatic rings. The van der Waals surface area contributed by atoms with Gasteiger partial charge in [0.25, 0.3) is 0 Å². The minimum absolute atomic E-state index is 0.378. The van der Waals surface area contributed by atoms with Crippen molar-refractivity contribution >= 4 is 17.0 Å². The number of carbonyl (C=O) groups excluding carboxylic acids is 1. The maximum atomic E-state index is 11.9. The van der Waals surface area contributed by atoms with Crippen LogP contribution in [0.3, 0.4) is 0 Å². The Kier molecular flexibility index (Phi) is 6.62. The predicted molar refractivity (Wildman–Crippen MR) is 129 cm³/mol. The molecule has 0 unspecified atom stereocenters. The van der Waals surface area contributed by atoms with Crippen LogP contribution in [0.25, 0.3) is 11.0 Å². The molecule has 0 aliphatic carbocycles. The van der Waals surface area contributed by atoms with E-state index in [1.54, 1.807) is 12.3 Å². The SMILES string of the molecule is COC(=O)c1ccccc1OCCN1CCC(c2c[nH]c3nccc(Cc4ccoc4)c23)CC1. The van der Waals surface area contributed by atoms with Gasteiger partial charge in [0, 0.05) is 30.7 Å². The van der Waals surface area contributed by atoms with Crippen LogP contribution in [0.15, 0.2) is 65.7 Å². The van der Waals surface area contributed by atoms with Crippen LogP contribution in [0.5, 0.6) is 5.75 Å². The van der Waals surface area contributed by atoms with Gasteiger partial charge in [0.15, 0.2) is 0 Å². The van der Waals surface area contributed by atoms with Gasteiger partial charge < -0.3 is 18.9 Å². The lowest BCUT2D eigenvalue weighted by Gasteiger charge is -2.32. The number of hydrogen-bond donors (Lipinski definition) is 1. The molecule has 4 heterocycles. The second kappa shape index (κ2) is 10.1. The maximum Gasteiger partial charge on any atom is 0.341 e. The fraction of sp³-hybridized carbons (Fsp3) is 0.333. The number of hydrogen-bond acceptors (Lipinski definition) is 6. The molecule has 1 aromatic carbocycles. The number of nitrogens with zero attached hydrogens (tertiary/aromatic N) is 2. The van der Waals surface area contributed by atoms with Crippen LogP contribution in [-0.4, -0.2) is 54.2 Å². The molecule has 34 heavy (non-hydrogen) atoms. The number of H-pyrrole nitrogens is 1. The normalized spacial score (nSPS) is 15.0. The molecule has 1 aliphatic heterocycles. The van der Waals surface area contributed by atoms with Crippen molar-refractivity contribution in [3.63, 3.8) is 0 Å². The van der Waals surface area contributed by atoms with Crippen LogP contribution in [0.4, 0.5) is 0 Å². The third-order valence-electron chi connectivity index (χ3n) is 6.65. The second-order valence-electron chi connectivity index (χ2n) is 8.70. The molecule has 5 rings (SSSR count). The summed E-state index contributed by atoms with van der Waals surface area (Å²) in [5, 5.41) is 1.25. The van der Waals surface area contributed by atoms with Gasteiger partial charge in [-0.25, -0.2) is 9.78 Å². The first-order valence-corrected chi connectivity index (χ1v) is 11.7. The van der Waals surface area contributed by atoms with Crippen molar-refractivity contribution < 1.29 is 18.7 Å². The van der Waals surface area contributed by atoms with Crippen molar-refractivity contribution in [3.05, 3.63) is 83.6 Å². The Hall–Kier alpha value is -3.58. The van der Waals surface area contributed by atoms with E-state index >= 15 is 0 Å². The number of pyridine rings is 1. The Balaban J connectivity index is 1.20. The van der Waals surface area contributed by atoms with Crippen LogP contribution in [-0.2, 0) is 11.2 Å². The number of furan rings is 1. The zero-order valence-electron chi connectivity index (χ0n) is 19.3. The van der Waals surface area contributed by atoms with Gasteiger partial charge in [-0.1, -0.05) is 12.1 Å². The molecule has 1 saturated heterocycles. The molecule has 7 heteroatoms. The molecule has 4 aromatic rings. The Bertz CT molecular complexity index is 1240. The van der Waals surface area contributed by atoms with Crippen molar-refractivity contribution in [2.75, 3.05) is 33.4 Å². The number of ether oxygens (including phenoxy) is 2. The molecule has 176 valence electrons. The molecular formula is C27H29N3O4. The maximum absolute atomic E-state index is 11.9. The standard InChI is InChI=1S/C27H29N3O4/c1-32-27(31)22-4-2-3-5-24(22)34-15-13-30-11-7-20(8-12-30)23-17-29-26-25(23)21(6-10-28-26)16-19-9-14-33-18-19/h2-6,9-10,14,17-18,20H,7-8,11-13,15-16H2,1H3,(H,28,29). The average Bonchev–Trinajstić information content (AvgIpc) is 3.55. The van der Waals surface area contributed by atoms with E-state index in [0.29, 0.717) is 23.8 Å². The van der Waals surface area contributed by atoms with E-state index in [1.807, 2.05) is 36.7 Å². The van der Waals surface area contributed by atoms with Crippen LogP contribution >= 0.6 is 0 Å². The largest absolute Gasteiger partial charge is 0.491 e. The highest BCUT2D eigenvalue weighted by molar-refractivity contribution is 5.92. The van der Waals surface area contributed by atoms with E-state index in [4.69, 9.17) is 13.9 Å². The summed E-state index contributed by atoms with van der Waals surface area (Å²) in [6.45, 7) is 3.38. The highest BCUT2D eigenvalue weighted by Crippen LogP contribution is 2.35. The lowest BCUT2D eigenvalue weighted by atomic mass is 9.88. The van der Waals surface area contributed by atoms with E-state index in [-0.39, 0.29) is 5.97 Å². The number of methoxy groups -OCH3 is 1. The molecular weight excluding hydrogens is 430 g/mol. The van der Waals surface area contributed by atoms with Gasteiger partial charge in [0.1, 0.15) is 23.6 Å². The van der Waals surface area contributed by atoms with Crippen LogP contribution in [0.1, 0.15) is 45.8 Å². The van der Waals surface area contributed by atoms with Crippen LogP contribution in [0.2, 0.25) is 0 Å². The monoisotopic (exact) mass is 459 g/mol. The van der Waals surface area contributed by atoms with Crippen LogP contribution in [0, 0.1) is 0 Å². The van der Waals surface area contributed by atoms with Gasteiger partial charge >= 0.3 is 5.97 Å². The van der Waals surface area contributed by atoms with E-state index in [1.165, 1.54) is 29.2 Å². The molecule has 1 N–H and O–H groups in total. The van der Waals surface area contributed by atoms with E-state index < -0.39 is 0 Å². The predicted octanol–water partition coefficient (Wildman–Crippen LogP) is 4.79. The van der Waals surface area contributed by atoms with Gasteiger partial charge in [0.05, 0.1) is 19.6 Å². The summed E-state index contributed by atoms with van der Waals surface area (Å²) < 4.78 is 16.0. The first kappa shape index (κ1) is 22.2. The van der Waals surface area contributed by atoms with Crippen molar-refractivity contribution in [1.82, 2.24) is 14.9 Å². The third kappa shape index (κ3) is 4.70. The number of aromatic amines is 1. The number of aromatic nitrogens is 2. The smallest absolute Gasteiger partial charge is 0.341 e. The summed E-state index contributed by atoms with van der Waals surface area (Å²) >= 11 is 0. The summed E-state index contributed by atoms with van der Waals surface area (Å²) in [4.78, 5) is 22.3. The number of para-hydroxylation sites is 1. The van der Waals surface area contributed by atoms with E-state index in [9.17, 15) is 4.79 Å². The summed E-state index contributed by atoms with van der Waals surface area (Å²) in [6.07, 6.45) is 10.6. The van der Waals surface area contributed by atoms with Gasteiger partial charge in [-0.3, -0.25) is 4.90 Å². The fourth-order valence-corrected chi connectivity index (χ4v) is 4.86. The number of fused-ring (bicyclic) bond motifs is 1. The topological polar surface area (TPSA) is 80.6 Å². The molecule has 0 spiro atoms. The highest BCUT2D eigenvalue weighted by Gasteiger charge is 2.24. The zero-order chi connectivity index (χ0) is 23.3.